The number of benzene rings is 1. The quantitative estimate of drug-likeness (QED) is 0.440. The third-order valence-electron chi connectivity index (χ3n) is 4.65. The summed E-state index contributed by atoms with van der Waals surface area (Å²) in [6, 6.07) is 5.77. The maximum atomic E-state index is 12.5. The van der Waals surface area contributed by atoms with Crippen LogP contribution in [0.1, 0.15) is 44.9 Å². The molecule has 1 aromatic carbocycles. The van der Waals surface area contributed by atoms with Gasteiger partial charge in [0.1, 0.15) is 0 Å². The van der Waals surface area contributed by atoms with Crippen LogP contribution in [0, 0.1) is 0 Å². The fourth-order valence-corrected chi connectivity index (χ4v) is 5.26. The molecule has 3 N–H and O–H groups in total. The molecule has 0 aliphatic heterocycles. The number of aryl methyl sites for hydroxylation is 1. The van der Waals surface area contributed by atoms with Gasteiger partial charge in [0.05, 0.1) is 15.8 Å². The van der Waals surface area contributed by atoms with Gasteiger partial charge in [-0.2, -0.15) is 0 Å². The van der Waals surface area contributed by atoms with Crippen LogP contribution in [-0.2, 0) is 27.7 Å². The number of sulfonamides is 1. The highest BCUT2D eigenvalue weighted by molar-refractivity contribution is 8.00. The summed E-state index contributed by atoms with van der Waals surface area (Å²) < 4.78 is 26.9. The molecule has 0 bridgehead atoms. The fraction of sp³-hybridized carbons (Fsp3) is 0.450. The van der Waals surface area contributed by atoms with E-state index in [9.17, 15) is 18.0 Å². The van der Waals surface area contributed by atoms with Crippen molar-refractivity contribution >= 4 is 33.4 Å². The van der Waals surface area contributed by atoms with Crippen molar-refractivity contribution in [3.63, 3.8) is 0 Å². The van der Waals surface area contributed by atoms with E-state index in [1.54, 1.807) is 32.9 Å². The second-order valence-corrected chi connectivity index (χ2v) is 10.6. The number of rotatable bonds is 7. The van der Waals surface area contributed by atoms with Crippen molar-refractivity contribution in [2.24, 2.45) is 0 Å². The van der Waals surface area contributed by atoms with E-state index in [1.165, 1.54) is 23.9 Å². The molecule has 3 rings (SSSR count). The number of nitrogens with one attached hydrogen (secondary N) is 3. The molecule has 1 heterocycles. The molecular formula is C20H26N4O4S2. The molecule has 0 unspecified atom stereocenters. The molecule has 8 nitrogen and oxygen atoms in total. The summed E-state index contributed by atoms with van der Waals surface area (Å²) in [6.07, 6.45) is 3.55. The van der Waals surface area contributed by atoms with Crippen LogP contribution in [0.15, 0.2) is 39.1 Å². The fourth-order valence-electron chi connectivity index (χ4n) is 3.20. The Morgan fingerprint density at radius 1 is 1.13 bits per heavy atom. The van der Waals surface area contributed by atoms with Gasteiger partial charge in [0.25, 0.3) is 5.56 Å². The minimum atomic E-state index is -3.58. The van der Waals surface area contributed by atoms with Crippen LogP contribution in [0.5, 0.6) is 0 Å². The largest absolute Gasteiger partial charge is 0.325 e. The molecule has 1 aliphatic carbocycles. The van der Waals surface area contributed by atoms with E-state index in [0.717, 1.165) is 36.9 Å². The number of fused-ring (bicyclic) bond motifs is 1. The van der Waals surface area contributed by atoms with Gasteiger partial charge in [0.2, 0.25) is 15.9 Å². The van der Waals surface area contributed by atoms with Crippen molar-refractivity contribution in [1.82, 2.24) is 14.7 Å². The molecule has 0 spiro atoms. The first-order chi connectivity index (χ1) is 14.2. The van der Waals surface area contributed by atoms with E-state index in [-0.39, 0.29) is 22.4 Å². The highest BCUT2D eigenvalue weighted by Gasteiger charge is 2.20. The summed E-state index contributed by atoms with van der Waals surface area (Å²) in [7, 11) is -3.58. The average Bonchev–Trinajstić information content (AvgIpc) is 2.67. The van der Waals surface area contributed by atoms with Crippen molar-refractivity contribution < 1.29 is 13.2 Å². The summed E-state index contributed by atoms with van der Waals surface area (Å²) in [5.41, 5.74) is 1.95. The van der Waals surface area contributed by atoms with Gasteiger partial charge in [-0.25, -0.2) is 18.1 Å². The number of thioether (sulfide) groups is 1. The Bertz CT molecular complexity index is 1080. The molecule has 162 valence electrons. The number of hydrogen-bond donors (Lipinski definition) is 3. The molecule has 0 radical (unpaired) electrons. The number of carbonyl (C=O) groups is 1. The van der Waals surface area contributed by atoms with Crippen LogP contribution in [0.25, 0.3) is 0 Å². The minimum Gasteiger partial charge on any atom is -0.325 e. The number of aromatic amines is 1. The molecule has 1 aromatic heterocycles. The lowest BCUT2D eigenvalue weighted by atomic mass is 9.97. The van der Waals surface area contributed by atoms with E-state index in [1.807, 2.05) is 0 Å². The SMILES string of the molecule is CC(C)NS(=O)(=O)c1ccc(NC(=O)[C@@H](C)Sc2nc3c(c(=O)[nH]2)CCCC3)cc1. The van der Waals surface area contributed by atoms with E-state index in [2.05, 4.69) is 20.0 Å². The van der Waals surface area contributed by atoms with Gasteiger partial charge in [-0.15, -0.1) is 0 Å². The highest BCUT2D eigenvalue weighted by atomic mass is 32.2. The van der Waals surface area contributed by atoms with E-state index < -0.39 is 15.3 Å². The molecule has 0 saturated carbocycles. The van der Waals surface area contributed by atoms with Crippen molar-refractivity contribution in [2.45, 2.75) is 67.8 Å². The average molecular weight is 451 g/mol. The first-order valence-corrected chi connectivity index (χ1v) is 12.2. The Balaban J connectivity index is 1.65. The van der Waals surface area contributed by atoms with Crippen molar-refractivity contribution in [2.75, 3.05) is 5.32 Å². The van der Waals surface area contributed by atoms with E-state index in [0.29, 0.717) is 10.8 Å². The minimum absolute atomic E-state index is 0.124. The Hall–Kier alpha value is -2.17. The van der Waals surface area contributed by atoms with Crippen LogP contribution >= 0.6 is 11.8 Å². The van der Waals surface area contributed by atoms with Gasteiger partial charge >= 0.3 is 0 Å². The normalized spacial score (nSPS) is 14.9. The summed E-state index contributed by atoms with van der Waals surface area (Å²) in [4.78, 5) is 32.2. The van der Waals surface area contributed by atoms with Crippen molar-refractivity contribution in [3.05, 3.63) is 45.9 Å². The van der Waals surface area contributed by atoms with E-state index in [4.69, 9.17) is 0 Å². The predicted molar refractivity (Wildman–Crippen MR) is 117 cm³/mol. The first-order valence-electron chi connectivity index (χ1n) is 9.87. The Kier molecular flexibility index (Phi) is 6.99. The number of anilines is 1. The first kappa shape index (κ1) is 22.5. The molecular weight excluding hydrogens is 424 g/mol. The predicted octanol–water partition coefficient (Wildman–Crippen LogP) is 2.45. The Morgan fingerprint density at radius 3 is 2.47 bits per heavy atom. The lowest BCUT2D eigenvalue weighted by Crippen LogP contribution is -2.30. The van der Waals surface area contributed by atoms with Crippen LogP contribution in [0.2, 0.25) is 0 Å². The second kappa shape index (κ2) is 9.32. The lowest BCUT2D eigenvalue weighted by molar-refractivity contribution is -0.115. The molecule has 1 amide bonds. The van der Waals surface area contributed by atoms with Crippen LogP contribution in [-0.4, -0.2) is 35.6 Å². The zero-order chi connectivity index (χ0) is 21.9. The van der Waals surface area contributed by atoms with Gasteiger partial charge in [0, 0.05) is 17.3 Å². The molecule has 1 atom stereocenters. The van der Waals surface area contributed by atoms with Gasteiger partial charge in [-0.05, 0) is 70.7 Å². The third kappa shape index (κ3) is 5.50. The van der Waals surface area contributed by atoms with Gasteiger partial charge < -0.3 is 10.3 Å². The second-order valence-electron chi connectivity index (χ2n) is 7.55. The number of nitrogens with zero attached hydrogens (tertiary/aromatic N) is 1. The molecule has 10 heteroatoms. The Morgan fingerprint density at radius 2 is 1.80 bits per heavy atom. The number of carbonyl (C=O) groups excluding carboxylic acids is 1. The molecule has 2 aromatic rings. The van der Waals surface area contributed by atoms with Gasteiger partial charge in [-0.3, -0.25) is 9.59 Å². The van der Waals surface area contributed by atoms with Crippen molar-refractivity contribution in [3.8, 4) is 0 Å². The van der Waals surface area contributed by atoms with Crippen LogP contribution in [0.4, 0.5) is 5.69 Å². The monoisotopic (exact) mass is 450 g/mol. The van der Waals surface area contributed by atoms with Crippen molar-refractivity contribution in [1.29, 1.82) is 0 Å². The molecule has 0 saturated heterocycles. The lowest BCUT2D eigenvalue weighted by Gasteiger charge is -2.16. The van der Waals surface area contributed by atoms with Crippen LogP contribution < -0.4 is 15.6 Å². The molecule has 1 aliphatic rings. The van der Waals surface area contributed by atoms with Gasteiger partial charge in [-0.1, -0.05) is 11.8 Å². The maximum Gasteiger partial charge on any atom is 0.254 e. The maximum absolute atomic E-state index is 12.5. The third-order valence-corrected chi connectivity index (χ3v) is 7.31. The standard InChI is InChI=1S/C20H26N4O4S2/c1-12(2)24-30(27,28)15-10-8-14(9-11-15)21-18(25)13(3)29-20-22-17-7-5-4-6-16(17)19(26)23-20/h8-13,24H,4-7H2,1-3H3,(H,21,25)(H,22,23,26)/t13-/m1/s1. The topological polar surface area (TPSA) is 121 Å². The summed E-state index contributed by atoms with van der Waals surface area (Å²) in [6.45, 7) is 5.22. The molecule has 30 heavy (non-hydrogen) atoms. The summed E-state index contributed by atoms with van der Waals surface area (Å²) >= 11 is 1.19. The number of aromatic nitrogens is 2. The summed E-state index contributed by atoms with van der Waals surface area (Å²) in [5, 5.41) is 2.70. The summed E-state index contributed by atoms with van der Waals surface area (Å²) in [5.74, 6) is -0.267. The highest BCUT2D eigenvalue weighted by Crippen LogP contribution is 2.23. The van der Waals surface area contributed by atoms with E-state index >= 15 is 0 Å². The zero-order valence-electron chi connectivity index (χ0n) is 17.2. The smallest absolute Gasteiger partial charge is 0.254 e. The number of H-pyrrole nitrogens is 1. The number of amides is 1. The number of hydrogen-bond acceptors (Lipinski definition) is 6. The van der Waals surface area contributed by atoms with Gasteiger partial charge in [0.15, 0.2) is 5.16 Å². The Labute approximate surface area is 180 Å². The van der Waals surface area contributed by atoms with Crippen LogP contribution in [0.3, 0.4) is 0 Å². The molecule has 0 fully saturated rings. The zero-order valence-corrected chi connectivity index (χ0v) is 18.8.